The quantitative estimate of drug-likeness (QED) is 0.713. The zero-order valence-corrected chi connectivity index (χ0v) is 10.7. The second-order valence-corrected chi connectivity index (χ2v) is 5.06. The van der Waals surface area contributed by atoms with Gasteiger partial charge in [-0.15, -0.1) is 0 Å². The fourth-order valence-corrected chi connectivity index (χ4v) is 1.05. The molecule has 94 valence electrons. The molecule has 0 aliphatic heterocycles. The van der Waals surface area contributed by atoms with Crippen molar-refractivity contribution < 1.29 is 14.7 Å². The molecule has 2 N–H and O–H groups in total. The number of carbonyl (C=O) groups excluding carboxylic acids is 2. The van der Waals surface area contributed by atoms with E-state index in [2.05, 4.69) is 5.32 Å². The Morgan fingerprint density at radius 2 is 1.88 bits per heavy atom. The number of rotatable bonds is 4. The SMILES string of the molecule is CC(O)CN(C)C(=O)CNC(=O)C(C)(C)C. The van der Waals surface area contributed by atoms with Crippen molar-refractivity contribution in [2.45, 2.75) is 33.8 Å². The molecule has 5 heteroatoms. The molecule has 0 aromatic heterocycles. The van der Waals surface area contributed by atoms with E-state index >= 15 is 0 Å². The number of amides is 2. The number of aliphatic hydroxyl groups is 1. The van der Waals surface area contributed by atoms with Gasteiger partial charge in [0.2, 0.25) is 11.8 Å². The Hall–Kier alpha value is -1.10. The highest BCUT2D eigenvalue weighted by Crippen LogP contribution is 2.11. The maximum absolute atomic E-state index is 11.5. The van der Waals surface area contributed by atoms with Crippen LogP contribution in [-0.4, -0.2) is 48.1 Å². The predicted octanol–water partition coefficient (Wildman–Crippen LogP) is -0.0121. The number of nitrogens with zero attached hydrogens (tertiary/aromatic N) is 1. The number of hydrogen-bond donors (Lipinski definition) is 2. The number of carbonyl (C=O) groups is 2. The fraction of sp³-hybridized carbons (Fsp3) is 0.818. The van der Waals surface area contributed by atoms with Crippen molar-refractivity contribution in [1.29, 1.82) is 0 Å². The fourth-order valence-electron chi connectivity index (χ4n) is 1.05. The first-order valence-corrected chi connectivity index (χ1v) is 5.35. The lowest BCUT2D eigenvalue weighted by atomic mass is 9.96. The van der Waals surface area contributed by atoms with Gasteiger partial charge in [0.05, 0.1) is 12.6 Å². The average molecular weight is 230 g/mol. The second-order valence-electron chi connectivity index (χ2n) is 5.06. The first-order valence-electron chi connectivity index (χ1n) is 5.35. The smallest absolute Gasteiger partial charge is 0.241 e. The van der Waals surface area contributed by atoms with E-state index in [1.54, 1.807) is 34.7 Å². The monoisotopic (exact) mass is 230 g/mol. The van der Waals surface area contributed by atoms with Gasteiger partial charge in [-0.3, -0.25) is 9.59 Å². The van der Waals surface area contributed by atoms with Gasteiger partial charge >= 0.3 is 0 Å². The van der Waals surface area contributed by atoms with Crippen molar-refractivity contribution in [2.75, 3.05) is 20.1 Å². The van der Waals surface area contributed by atoms with Crippen LogP contribution >= 0.6 is 0 Å². The zero-order valence-electron chi connectivity index (χ0n) is 10.7. The van der Waals surface area contributed by atoms with E-state index in [9.17, 15) is 9.59 Å². The molecule has 2 amide bonds. The molecule has 0 bridgehead atoms. The third-order valence-corrected chi connectivity index (χ3v) is 2.05. The van der Waals surface area contributed by atoms with Crippen LogP contribution in [0.3, 0.4) is 0 Å². The van der Waals surface area contributed by atoms with Gasteiger partial charge in [0.25, 0.3) is 0 Å². The largest absolute Gasteiger partial charge is 0.392 e. The standard InChI is InChI=1S/C11H22N2O3/c1-8(14)7-13(5)9(15)6-12-10(16)11(2,3)4/h8,14H,6-7H2,1-5H3,(H,12,16). The van der Waals surface area contributed by atoms with Crippen molar-refractivity contribution in [3.8, 4) is 0 Å². The first-order chi connectivity index (χ1) is 7.14. The summed E-state index contributed by atoms with van der Waals surface area (Å²) in [6.45, 7) is 7.20. The Balaban J connectivity index is 4.03. The van der Waals surface area contributed by atoms with E-state index in [4.69, 9.17) is 5.11 Å². The lowest BCUT2D eigenvalue weighted by molar-refractivity contribution is -0.135. The summed E-state index contributed by atoms with van der Waals surface area (Å²) >= 11 is 0. The molecule has 0 saturated heterocycles. The summed E-state index contributed by atoms with van der Waals surface area (Å²) in [4.78, 5) is 24.4. The van der Waals surface area contributed by atoms with Gasteiger partial charge in [0.1, 0.15) is 0 Å². The molecule has 0 spiro atoms. The topological polar surface area (TPSA) is 69.6 Å². The summed E-state index contributed by atoms with van der Waals surface area (Å²) < 4.78 is 0. The third-order valence-electron chi connectivity index (χ3n) is 2.05. The first kappa shape index (κ1) is 14.9. The van der Waals surface area contributed by atoms with E-state index in [0.29, 0.717) is 0 Å². The van der Waals surface area contributed by atoms with Crippen LogP contribution in [0.25, 0.3) is 0 Å². The Bertz CT molecular complexity index is 256. The Kier molecular flexibility index (Phi) is 5.44. The third kappa shape index (κ3) is 5.70. The normalized spacial score (nSPS) is 13.1. The van der Waals surface area contributed by atoms with Crippen molar-refractivity contribution in [3.63, 3.8) is 0 Å². The highest BCUT2D eigenvalue weighted by molar-refractivity contribution is 5.87. The van der Waals surface area contributed by atoms with Gasteiger partial charge in [-0.1, -0.05) is 20.8 Å². The summed E-state index contributed by atoms with van der Waals surface area (Å²) in [7, 11) is 1.60. The molecule has 0 aliphatic rings. The minimum atomic E-state index is -0.563. The van der Waals surface area contributed by atoms with Crippen LogP contribution in [0.1, 0.15) is 27.7 Å². The van der Waals surface area contributed by atoms with E-state index in [-0.39, 0.29) is 24.9 Å². The molecule has 0 aliphatic carbocycles. The van der Waals surface area contributed by atoms with Crippen molar-refractivity contribution in [3.05, 3.63) is 0 Å². The summed E-state index contributed by atoms with van der Waals surface area (Å²) in [5.74, 6) is -0.371. The molecule has 0 rings (SSSR count). The molecule has 0 heterocycles. The molecule has 0 aromatic carbocycles. The van der Waals surface area contributed by atoms with Gasteiger partial charge in [-0.05, 0) is 6.92 Å². The molecule has 1 unspecified atom stereocenters. The molecule has 0 fully saturated rings. The van der Waals surface area contributed by atoms with Crippen LogP contribution in [0.4, 0.5) is 0 Å². The molecule has 5 nitrogen and oxygen atoms in total. The molecule has 0 aromatic rings. The second kappa shape index (κ2) is 5.84. The van der Waals surface area contributed by atoms with E-state index in [0.717, 1.165) is 0 Å². The average Bonchev–Trinajstić information content (AvgIpc) is 2.10. The van der Waals surface area contributed by atoms with Gasteiger partial charge in [-0.2, -0.15) is 0 Å². The minimum Gasteiger partial charge on any atom is -0.392 e. The molecular formula is C11H22N2O3. The lowest BCUT2D eigenvalue weighted by Gasteiger charge is -2.21. The van der Waals surface area contributed by atoms with Crippen LogP contribution in [0, 0.1) is 5.41 Å². The summed E-state index contributed by atoms with van der Waals surface area (Å²) in [5, 5.41) is 11.7. The maximum Gasteiger partial charge on any atom is 0.241 e. The van der Waals surface area contributed by atoms with E-state index < -0.39 is 11.5 Å². The molecular weight excluding hydrogens is 208 g/mol. The van der Waals surface area contributed by atoms with Gasteiger partial charge in [-0.25, -0.2) is 0 Å². The highest BCUT2D eigenvalue weighted by Gasteiger charge is 2.22. The lowest BCUT2D eigenvalue weighted by Crippen LogP contribution is -2.43. The number of hydrogen-bond acceptors (Lipinski definition) is 3. The summed E-state index contributed by atoms with van der Waals surface area (Å²) in [5.41, 5.74) is -0.497. The maximum atomic E-state index is 11.5. The Morgan fingerprint density at radius 1 is 1.38 bits per heavy atom. The predicted molar refractivity (Wildman–Crippen MR) is 61.8 cm³/mol. The van der Waals surface area contributed by atoms with Gasteiger partial charge < -0.3 is 15.3 Å². The van der Waals surface area contributed by atoms with Crippen LogP contribution in [0.2, 0.25) is 0 Å². The molecule has 1 atom stereocenters. The van der Waals surface area contributed by atoms with Gasteiger partial charge in [0, 0.05) is 19.0 Å². The number of likely N-dealkylation sites (N-methyl/N-ethyl adjacent to an activating group) is 1. The Morgan fingerprint density at radius 3 is 2.25 bits per heavy atom. The van der Waals surface area contributed by atoms with Crippen LogP contribution < -0.4 is 5.32 Å². The van der Waals surface area contributed by atoms with Gasteiger partial charge in [0.15, 0.2) is 0 Å². The van der Waals surface area contributed by atoms with Crippen molar-refractivity contribution in [1.82, 2.24) is 10.2 Å². The number of nitrogens with one attached hydrogen (secondary N) is 1. The van der Waals surface area contributed by atoms with Crippen LogP contribution in [0.5, 0.6) is 0 Å². The zero-order chi connectivity index (χ0) is 12.9. The van der Waals surface area contributed by atoms with E-state index in [1.165, 1.54) is 4.90 Å². The van der Waals surface area contributed by atoms with E-state index in [1.807, 2.05) is 0 Å². The van der Waals surface area contributed by atoms with Crippen molar-refractivity contribution in [2.24, 2.45) is 5.41 Å². The summed E-state index contributed by atoms with van der Waals surface area (Å²) in [6, 6.07) is 0. The molecule has 16 heavy (non-hydrogen) atoms. The van der Waals surface area contributed by atoms with Crippen LogP contribution in [0.15, 0.2) is 0 Å². The molecule has 0 radical (unpaired) electrons. The highest BCUT2D eigenvalue weighted by atomic mass is 16.3. The minimum absolute atomic E-state index is 0.0284. The molecule has 0 saturated carbocycles. The van der Waals surface area contributed by atoms with Crippen LogP contribution in [-0.2, 0) is 9.59 Å². The summed E-state index contributed by atoms with van der Waals surface area (Å²) in [6.07, 6.45) is -0.563. The number of aliphatic hydroxyl groups excluding tert-OH is 1. The van der Waals surface area contributed by atoms with Crippen molar-refractivity contribution >= 4 is 11.8 Å². The Labute approximate surface area is 96.8 Å².